The Morgan fingerprint density at radius 3 is 3.06 bits per heavy atom. The highest BCUT2D eigenvalue weighted by Crippen LogP contribution is 2.24. The molecular weight excluding hydrogens is 248 g/mol. The molecule has 1 aromatic heterocycles. The summed E-state index contributed by atoms with van der Waals surface area (Å²) >= 11 is 5.98. The fourth-order valence-corrected chi connectivity index (χ4v) is 2.67. The second kappa shape index (κ2) is 6.39. The largest absolute Gasteiger partial charge is 0.381 e. The third-order valence-corrected chi connectivity index (χ3v) is 3.73. The van der Waals surface area contributed by atoms with Crippen molar-refractivity contribution in [3.63, 3.8) is 0 Å². The lowest BCUT2D eigenvalue weighted by Crippen LogP contribution is -2.31. The van der Waals surface area contributed by atoms with Gasteiger partial charge in [0.1, 0.15) is 0 Å². The van der Waals surface area contributed by atoms with E-state index in [9.17, 15) is 0 Å². The van der Waals surface area contributed by atoms with Gasteiger partial charge in [-0.05, 0) is 31.7 Å². The number of halogens is 1. The molecule has 0 aromatic carbocycles. The number of anilines is 1. The van der Waals surface area contributed by atoms with Gasteiger partial charge in [-0.25, -0.2) is 0 Å². The molecule has 0 aliphatic carbocycles. The second-order valence-corrected chi connectivity index (χ2v) is 5.32. The first kappa shape index (κ1) is 13.6. The number of aryl methyl sites for hydroxylation is 1. The highest BCUT2D eigenvalue weighted by molar-refractivity contribution is 6.17. The van der Waals surface area contributed by atoms with Crippen LogP contribution in [0.1, 0.15) is 24.1 Å². The van der Waals surface area contributed by atoms with Gasteiger partial charge >= 0.3 is 0 Å². The van der Waals surface area contributed by atoms with Crippen molar-refractivity contribution < 1.29 is 4.74 Å². The summed E-state index contributed by atoms with van der Waals surface area (Å²) in [6.45, 7) is 4.83. The van der Waals surface area contributed by atoms with Crippen molar-refractivity contribution in [2.24, 2.45) is 5.92 Å². The summed E-state index contributed by atoms with van der Waals surface area (Å²) in [4.78, 5) is 6.59. The molecular formula is C14H21ClN2O. The van der Waals surface area contributed by atoms with Crippen LogP contribution in [0.15, 0.2) is 12.3 Å². The lowest BCUT2D eigenvalue weighted by Gasteiger charge is -2.29. The molecule has 100 valence electrons. The van der Waals surface area contributed by atoms with Crippen LogP contribution >= 0.6 is 11.6 Å². The van der Waals surface area contributed by atoms with E-state index in [0.29, 0.717) is 11.8 Å². The Labute approximate surface area is 114 Å². The van der Waals surface area contributed by atoms with Crippen molar-refractivity contribution in [2.45, 2.75) is 25.6 Å². The van der Waals surface area contributed by atoms with E-state index < -0.39 is 0 Å². The Hall–Kier alpha value is -0.800. The SMILES string of the molecule is Cc1cc(N(C)CC2CCCOC2)c(CCl)cn1. The fourth-order valence-electron chi connectivity index (χ4n) is 2.47. The number of pyridine rings is 1. The Balaban J connectivity index is 2.07. The lowest BCUT2D eigenvalue weighted by atomic mass is 10.0. The first-order valence-electron chi connectivity index (χ1n) is 6.51. The number of ether oxygens (including phenoxy) is 1. The maximum absolute atomic E-state index is 5.98. The molecule has 1 atom stereocenters. The van der Waals surface area contributed by atoms with Crippen LogP contribution in [0, 0.1) is 12.8 Å². The standard InChI is InChI=1S/C14H21ClN2O/c1-11-6-14(13(7-15)8-16-11)17(2)9-12-4-3-5-18-10-12/h6,8,12H,3-5,7,9-10H2,1-2H3. The van der Waals surface area contributed by atoms with Crippen LogP contribution in [-0.4, -0.2) is 31.8 Å². The molecule has 18 heavy (non-hydrogen) atoms. The van der Waals surface area contributed by atoms with Crippen molar-refractivity contribution in [1.29, 1.82) is 0 Å². The van der Waals surface area contributed by atoms with Crippen LogP contribution in [0.2, 0.25) is 0 Å². The van der Waals surface area contributed by atoms with Gasteiger partial charge in [0, 0.05) is 43.3 Å². The molecule has 1 aliphatic rings. The molecule has 0 spiro atoms. The third-order valence-electron chi connectivity index (χ3n) is 3.44. The molecule has 0 saturated carbocycles. The minimum absolute atomic E-state index is 0.508. The molecule has 1 aromatic rings. The number of hydrogen-bond donors (Lipinski definition) is 0. The van der Waals surface area contributed by atoms with E-state index in [2.05, 4.69) is 23.0 Å². The molecule has 2 rings (SSSR count). The lowest BCUT2D eigenvalue weighted by molar-refractivity contribution is 0.0576. The summed E-state index contributed by atoms with van der Waals surface area (Å²) in [7, 11) is 2.12. The van der Waals surface area contributed by atoms with Crippen molar-refractivity contribution >= 4 is 17.3 Å². The molecule has 2 heterocycles. The summed E-state index contributed by atoms with van der Waals surface area (Å²) in [6.07, 6.45) is 4.31. The zero-order valence-electron chi connectivity index (χ0n) is 11.2. The van der Waals surface area contributed by atoms with Crippen LogP contribution in [0.5, 0.6) is 0 Å². The fraction of sp³-hybridized carbons (Fsp3) is 0.643. The van der Waals surface area contributed by atoms with Gasteiger partial charge in [-0.1, -0.05) is 0 Å². The van der Waals surface area contributed by atoms with Gasteiger partial charge < -0.3 is 9.64 Å². The van der Waals surface area contributed by atoms with Gasteiger partial charge in [0.15, 0.2) is 0 Å². The second-order valence-electron chi connectivity index (χ2n) is 5.05. The molecule has 4 heteroatoms. The highest BCUT2D eigenvalue weighted by Gasteiger charge is 2.17. The molecule has 3 nitrogen and oxygen atoms in total. The number of rotatable bonds is 4. The van der Waals surface area contributed by atoms with Crippen LogP contribution in [0.3, 0.4) is 0 Å². The van der Waals surface area contributed by atoms with Gasteiger partial charge in [-0.15, -0.1) is 11.6 Å². The molecule has 1 fully saturated rings. The maximum atomic E-state index is 5.98. The highest BCUT2D eigenvalue weighted by atomic mass is 35.5. The minimum atomic E-state index is 0.508. The molecule has 0 amide bonds. The summed E-state index contributed by atoms with van der Waals surface area (Å²) < 4.78 is 5.53. The summed E-state index contributed by atoms with van der Waals surface area (Å²) in [6, 6.07) is 2.11. The maximum Gasteiger partial charge on any atom is 0.0511 e. The summed E-state index contributed by atoms with van der Waals surface area (Å²) in [5.41, 5.74) is 3.33. The van der Waals surface area contributed by atoms with E-state index in [-0.39, 0.29) is 0 Å². The van der Waals surface area contributed by atoms with Crippen LogP contribution in [0.4, 0.5) is 5.69 Å². The van der Waals surface area contributed by atoms with Gasteiger partial charge in [0.25, 0.3) is 0 Å². The normalized spacial score (nSPS) is 19.8. The molecule has 0 N–H and O–H groups in total. The number of nitrogens with zero attached hydrogens (tertiary/aromatic N) is 2. The topological polar surface area (TPSA) is 25.4 Å². The first-order valence-corrected chi connectivity index (χ1v) is 7.04. The van der Waals surface area contributed by atoms with Gasteiger partial charge in [0.2, 0.25) is 0 Å². The van der Waals surface area contributed by atoms with E-state index in [4.69, 9.17) is 16.3 Å². The Morgan fingerprint density at radius 2 is 2.39 bits per heavy atom. The molecule has 1 aliphatic heterocycles. The van der Waals surface area contributed by atoms with Crippen LogP contribution in [-0.2, 0) is 10.6 Å². The molecule has 1 unspecified atom stereocenters. The monoisotopic (exact) mass is 268 g/mol. The predicted octanol–water partition coefficient (Wildman–Crippen LogP) is 2.99. The van der Waals surface area contributed by atoms with Crippen molar-refractivity contribution in [1.82, 2.24) is 4.98 Å². The molecule has 0 radical (unpaired) electrons. The summed E-state index contributed by atoms with van der Waals surface area (Å²) in [5.74, 6) is 1.13. The van der Waals surface area contributed by atoms with E-state index in [1.54, 1.807) is 0 Å². The number of aromatic nitrogens is 1. The van der Waals surface area contributed by atoms with E-state index >= 15 is 0 Å². The molecule has 0 bridgehead atoms. The zero-order chi connectivity index (χ0) is 13.0. The Bertz CT molecular complexity index is 391. The number of alkyl halides is 1. The van der Waals surface area contributed by atoms with Crippen molar-refractivity contribution in [2.75, 3.05) is 31.7 Å². The van der Waals surface area contributed by atoms with Gasteiger partial charge in [0.05, 0.1) is 12.5 Å². The zero-order valence-corrected chi connectivity index (χ0v) is 11.9. The van der Waals surface area contributed by atoms with Crippen LogP contribution < -0.4 is 4.90 Å². The van der Waals surface area contributed by atoms with E-state index in [1.165, 1.54) is 18.5 Å². The van der Waals surface area contributed by atoms with Crippen molar-refractivity contribution in [3.05, 3.63) is 23.5 Å². The average molecular weight is 269 g/mol. The smallest absolute Gasteiger partial charge is 0.0511 e. The summed E-state index contributed by atoms with van der Waals surface area (Å²) in [5, 5.41) is 0. The van der Waals surface area contributed by atoms with Crippen molar-refractivity contribution in [3.8, 4) is 0 Å². The number of hydrogen-bond acceptors (Lipinski definition) is 3. The van der Waals surface area contributed by atoms with E-state index in [0.717, 1.165) is 31.0 Å². The van der Waals surface area contributed by atoms with Crippen LogP contribution in [0.25, 0.3) is 0 Å². The Kier molecular flexibility index (Phi) is 4.84. The van der Waals surface area contributed by atoms with Gasteiger partial charge in [-0.3, -0.25) is 4.98 Å². The minimum Gasteiger partial charge on any atom is -0.381 e. The molecule has 1 saturated heterocycles. The quantitative estimate of drug-likeness (QED) is 0.785. The average Bonchev–Trinajstić information content (AvgIpc) is 2.40. The predicted molar refractivity (Wildman–Crippen MR) is 75.3 cm³/mol. The van der Waals surface area contributed by atoms with E-state index in [1.807, 2.05) is 13.1 Å². The van der Waals surface area contributed by atoms with Gasteiger partial charge in [-0.2, -0.15) is 0 Å². The first-order chi connectivity index (χ1) is 8.70. The third kappa shape index (κ3) is 3.36. The Morgan fingerprint density at radius 1 is 1.56 bits per heavy atom.